The van der Waals surface area contributed by atoms with Gasteiger partial charge in [-0.1, -0.05) is 17.7 Å². The second kappa shape index (κ2) is 7.07. The molecule has 0 aliphatic rings. The molecule has 1 heterocycles. The number of aryl methyl sites for hydroxylation is 2. The average molecular weight is 368 g/mol. The largest absolute Gasteiger partial charge is 0.335 e. The van der Waals surface area contributed by atoms with E-state index >= 15 is 0 Å². The van der Waals surface area contributed by atoms with Gasteiger partial charge in [0.2, 0.25) is 5.91 Å². The zero-order valence-electron chi connectivity index (χ0n) is 13.0. The van der Waals surface area contributed by atoms with E-state index in [1.165, 1.54) is 12.1 Å². The first-order chi connectivity index (χ1) is 11.2. The van der Waals surface area contributed by atoms with E-state index in [2.05, 4.69) is 15.4 Å². The number of sulfonamides is 1. The van der Waals surface area contributed by atoms with Crippen LogP contribution < -0.4 is 15.8 Å². The summed E-state index contributed by atoms with van der Waals surface area (Å²) in [7, 11) is -3.89. The molecule has 1 amide bonds. The fourth-order valence-corrected chi connectivity index (χ4v) is 3.43. The van der Waals surface area contributed by atoms with Crippen molar-refractivity contribution in [3.63, 3.8) is 0 Å². The number of aromatic nitrogens is 2. The van der Waals surface area contributed by atoms with Crippen LogP contribution in [0.3, 0.4) is 0 Å². The van der Waals surface area contributed by atoms with Crippen molar-refractivity contribution in [2.24, 2.45) is 0 Å². The summed E-state index contributed by atoms with van der Waals surface area (Å²) in [5.41, 5.74) is 3.43. The minimum Gasteiger partial charge on any atom is -0.335 e. The van der Waals surface area contributed by atoms with Crippen LogP contribution in [0.5, 0.6) is 0 Å². The molecule has 24 heavy (non-hydrogen) atoms. The van der Waals surface area contributed by atoms with Crippen molar-refractivity contribution in [1.82, 2.24) is 20.2 Å². The lowest BCUT2D eigenvalue weighted by atomic mass is 10.2. The second-order valence-electron chi connectivity index (χ2n) is 5.21. The van der Waals surface area contributed by atoms with Gasteiger partial charge in [-0.05, 0) is 37.7 Å². The number of hydrogen-bond donors (Lipinski definition) is 4. The Bertz CT molecular complexity index is 964. The number of amides is 1. The highest BCUT2D eigenvalue weighted by molar-refractivity contribution is 7.89. The van der Waals surface area contributed by atoms with Crippen LogP contribution >= 0.6 is 12.2 Å². The Morgan fingerprint density at radius 2 is 1.92 bits per heavy atom. The number of H-pyrrole nitrogens is 2. The van der Waals surface area contributed by atoms with Crippen molar-refractivity contribution >= 4 is 28.1 Å². The number of aromatic amines is 2. The van der Waals surface area contributed by atoms with Crippen LogP contribution in [-0.2, 0) is 21.2 Å². The number of carbonyl (C=O) groups is 1. The fraction of sp³-hybridized carbons (Fsp3) is 0.214. The second-order valence-corrected chi connectivity index (χ2v) is 7.27. The van der Waals surface area contributed by atoms with E-state index in [1.54, 1.807) is 19.1 Å². The number of carbonyl (C=O) groups excluding carboxylic acids is 1. The van der Waals surface area contributed by atoms with Crippen molar-refractivity contribution < 1.29 is 13.2 Å². The molecule has 0 radical (unpaired) electrons. The molecule has 0 bridgehead atoms. The van der Waals surface area contributed by atoms with Gasteiger partial charge in [0.25, 0.3) is 15.6 Å². The van der Waals surface area contributed by atoms with Gasteiger partial charge in [-0.2, -0.15) is 0 Å². The summed E-state index contributed by atoms with van der Waals surface area (Å²) < 4.78 is 24.5. The molecule has 128 valence electrons. The maximum atomic E-state index is 12.2. The predicted molar refractivity (Wildman–Crippen MR) is 90.3 cm³/mol. The maximum absolute atomic E-state index is 12.2. The SMILES string of the molecule is Cc1ccc(S(=O)(=O)NNC(=O)Cc2cc(=O)[nH]c(=S)[nH]2)c(C)c1. The molecule has 10 heteroatoms. The first-order valence-corrected chi connectivity index (χ1v) is 8.77. The summed E-state index contributed by atoms with van der Waals surface area (Å²) in [6, 6.07) is 6.04. The van der Waals surface area contributed by atoms with Gasteiger partial charge in [0.05, 0.1) is 11.3 Å². The standard InChI is InChI=1S/C14H16N4O4S2/c1-8-3-4-11(9(2)5-8)24(21,22)18-17-13(20)7-10-6-12(19)16-14(23)15-10/h3-6,18H,7H2,1-2H3,(H,17,20)(H2,15,16,19,23). The lowest BCUT2D eigenvalue weighted by molar-refractivity contribution is -0.120. The molecule has 8 nitrogen and oxygen atoms in total. The number of nitrogens with one attached hydrogen (secondary N) is 4. The van der Waals surface area contributed by atoms with Crippen molar-refractivity contribution in [1.29, 1.82) is 0 Å². The molecule has 0 unspecified atom stereocenters. The highest BCUT2D eigenvalue weighted by Gasteiger charge is 2.17. The van der Waals surface area contributed by atoms with Crippen molar-refractivity contribution in [3.05, 3.63) is 56.2 Å². The van der Waals surface area contributed by atoms with Crippen molar-refractivity contribution in [2.45, 2.75) is 25.2 Å². The number of rotatable bonds is 5. The summed E-state index contributed by atoms with van der Waals surface area (Å²) in [6.45, 7) is 3.52. The van der Waals surface area contributed by atoms with Crippen LogP contribution in [0.25, 0.3) is 0 Å². The van der Waals surface area contributed by atoms with Gasteiger partial charge in [0.15, 0.2) is 4.77 Å². The molecule has 2 aromatic rings. The molecule has 1 aromatic heterocycles. The van der Waals surface area contributed by atoms with E-state index in [-0.39, 0.29) is 21.8 Å². The third kappa shape index (κ3) is 4.60. The van der Waals surface area contributed by atoms with E-state index in [1.807, 2.05) is 11.8 Å². The van der Waals surface area contributed by atoms with Crippen molar-refractivity contribution in [3.8, 4) is 0 Å². The Morgan fingerprint density at radius 3 is 2.54 bits per heavy atom. The van der Waals surface area contributed by atoms with Crippen LogP contribution in [0, 0.1) is 18.6 Å². The first-order valence-electron chi connectivity index (χ1n) is 6.88. The van der Waals surface area contributed by atoms with E-state index in [0.717, 1.165) is 5.56 Å². The predicted octanol–water partition coefficient (Wildman–Crippen LogP) is 0.602. The summed E-state index contributed by atoms with van der Waals surface area (Å²) in [5, 5.41) is 0. The smallest absolute Gasteiger partial charge is 0.257 e. The molecule has 4 N–H and O–H groups in total. The van der Waals surface area contributed by atoms with E-state index < -0.39 is 21.5 Å². The molecule has 0 aliphatic heterocycles. The Labute approximate surface area is 143 Å². The zero-order valence-corrected chi connectivity index (χ0v) is 14.6. The van der Waals surface area contributed by atoms with Crippen LogP contribution in [-0.4, -0.2) is 24.3 Å². The third-order valence-corrected chi connectivity index (χ3v) is 4.72. The summed E-state index contributed by atoms with van der Waals surface area (Å²) >= 11 is 4.80. The quantitative estimate of drug-likeness (QED) is 0.454. The highest BCUT2D eigenvalue weighted by atomic mass is 32.2. The summed E-state index contributed by atoms with van der Waals surface area (Å²) in [5.74, 6) is -0.639. The van der Waals surface area contributed by atoms with E-state index in [0.29, 0.717) is 5.56 Å². The zero-order chi connectivity index (χ0) is 17.9. The van der Waals surface area contributed by atoms with Crippen LogP contribution in [0.4, 0.5) is 0 Å². The Morgan fingerprint density at radius 1 is 1.21 bits per heavy atom. The molecule has 0 aliphatic carbocycles. The minimum absolute atomic E-state index is 0.0731. The molecular weight excluding hydrogens is 352 g/mol. The molecule has 0 saturated carbocycles. The van der Waals surface area contributed by atoms with Gasteiger partial charge in [0.1, 0.15) is 0 Å². The molecular formula is C14H16N4O4S2. The normalized spacial score (nSPS) is 11.2. The lowest BCUT2D eigenvalue weighted by Gasteiger charge is -2.11. The van der Waals surface area contributed by atoms with E-state index in [4.69, 9.17) is 12.2 Å². The average Bonchev–Trinajstić information content (AvgIpc) is 2.43. The number of hydrogen-bond acceptors (Lipinski definition) is 5. The fourth-order valence-electron chi connectivity index (χ4n) is 2.11. The molecule has 1 aromatic carbocycles. The Balaban J connectivity index is 2.07. The molecule has 2 rings (SSSR count). The molecule has 0 spiro atoms. The van der Waals surface area contributed by atoms with Crippen LogP contribution in [0.1, 0.15) is 16.8 Å². The maximum Gasteiger partial charge on any atom is 0.257 e. The van der Waals surface area contributed by atoms with Crippen LogP contribution in [0.2, 0.25) is 0 Å². The topological polar surface area (TPSA) is 124 Å². The first kappa shape index (κ1) is 18.0. The highest BCUT2D eigenvalue weighted by Crippen LogP contribution is 2.15. The number of benzene rings is 1. The monoisotopic (exact) mass is 368 g/mol. The summed E-state index contributed by atoms with van der Waals surface area (Å²) in [4.78, 5) is 30.2. The Kier molecular flexibility index (Phi) is 5.32. The summed E-state index contributed by atoms with van der Waals surface area (Å²) in [6.07, 6.45) is -0.233. The third-order valence-electron chi connectivity index (χ3n) is 3.11. The van der Waals surface area contributed by atoms with Crippen molar-refractivity contribution in [2.75, 3.05) is 0 Å². The van der Waals surface area contributed by atoms with E-state index in [9.17, 15) is 18.0 Å². The molecule has 0 atom stereocenters. The lowest BCUT2D eigenvalue weighted by Crippen LogP contribution is -2.42. The molecule has 0 saturated heterocycles. The van der Waals surface area contributed by atoms with Gasteiger partial charge in [-0.25, -0.2) is 8.42 Å². The van der Waals surface area contributed by atoms with Gasteiger partial charge < -0.3 is 4.98 Å². The van der Waals surface area contributed by atoms with Crippen LogP contribution in [0.15, 0.2) is 34.0 Å². The van der Waals surface area contributed by atoms with Gasteiger partial charge in [-0.15, -0.1) is 4.83 Å². The number of hydrazine groups is 1. The van der Waals surface area contributed by atoms with Gasteiger partial charge >= 0.3 is 0 Å². The van der Waals surface area contributed by atoms with Gasteiger partial charge in [-0.3, -0.25) is 20.0 Å². The minimum atomic E-state index is -3.89. The molecule has 0 fully saturated rings. The van der Waals surface area contributed by atoms with Gasteiger partial charge in [0, 0.05) is 11.8 Å². The Hall–Kier alpha value is -2.30.